The van der Waals surface area contributed by atoms with Crippen LogP contribution in [0.5, 0.6) is 0 Å². The summed E-state index contributed by atoms with van der Waals surface area (Å²) in [4.78, 5) is 40.4. The van der Waals surface area contributed by atoms with Gasteiger partial charge in [0.05, 0.1) is 0 Å². The molecule has 3 atom stereocenters. The van der Waals surface area contributed by atoms with Gasteiger partial charge in [0.1, 0.15) is 6.04 Å². The molecule has 3 aliphatic rings. The summed E-state index contributed by atoms with van der Waals surface area (Å²) in [5, 5.41) is 2.34. The molecule has 7 nitrogen and oxygen atoms in total. The predicted octanol–water partition coefficient (Wildman–Crippen LogP) is 1.15. The molecule has 2 saturated heterocycles. The molecular formula is C21H28N4O3. The van der Waals surface area contributed by atoms with Gasteiger partial charge < -0.3 is 10.6 Å². The molecule has 28 heavy (non-hydrogen) atoms. The van der Waals surface area contributed by atoms with E-state index in [1.165, 1.54) is 0 Å². The van der Waals surface area contributed by atoms with Crippen molar-refractivity contribution in [3.8, 4) is 0 Å². The standard InChI is InChI=1S/C21H28N4O3/c1-3-21(2)9-15(22)12-24(21)10-13-4-5-16-14(8-13)11-25(20(16)28)17-6-7-18(26)23-19(17)27/h4-5,8,15,17H,3,6-7,9-12,22H2,1-2H3,(H,23,26,27). The van der Waals surface area contributed by atoms with Crippen molar-refractivity contribution in [2.45, 2.75) is 70.2 Å². The third-order valence-corrected chi connectivity index (χ3v) is 6.64. The second-order valence-corrected chi connectivity index (χ2v) is 8.59. The van der Waals surface area contributed by atoms with Gasteiger partial charge in [-0.2, -0.15) is 0 Å². The normalized spacial score (nSPS) is 30.7. The van der Waals surface area contributed by atoms with E-state index in [4.69, 9.17) is 5.73 Å². The Hall–Kier alpha value is -2.25. The molecule has 3 N–H and O–H groups in total. The Morgan fingerprint density at radius 3 is 2.79 bits per heavy atom. The van der Waals surface area contributed by atoms with E-state index in [-0.39, 0.29) is 35.7 Å². The molecule has 150 valence electrons. The van der Waals surface area contributed by atoms with Crippen LogP contribution in [0.1, 0.15) is 61.0 Å². The maximum absolute atomic E-state index is 12.8. The molecule has 3 aliphatic heterocycles. The van der Waals surface area contributed by atoms with Gasteiger partial charge in [-0.25, -0.2) is 0 Å². The Morgan fingerprint density at radius 2 is 2.07 bits per heavy atom. The number of hydrogen-bond donors (Lipinski definition) is 2. The molecular weight excluding hydrogens is 356 g/mol. The Balaban J connectivity index is 1.51. The Kier molecular flexibility index (Phi) is 4.75. The highest BCUT2D eigenvalue weighted by Crippen LogP contribution is 2.34. The molecule has 3 unspecified atom stereocenters. The number of nitrogens with zero attached hydrogens (tertiary/aromatic N) is 2. The molecule has 0 aliphatic carbocycles. The number of imide groups is 1. The molecule has 4 rings (SSSR count). The van der Waals surface area contributed by atoms with Crippen molar-refractivity contribution < 1.29 is 14.4 Å². The van der Waals surface area contributed by atoms with Crippen LogP contribution in [-0.2, 0) is 22.7 Å². The summed E-state index contributed by atoms with van der Waals surface area (Å²) in [5.74, 6) is -0.768. The zero-order chi connectivity index (χ0) is 20.1. The maximum atomic E-state index is 12.8. The fourth-order valence-electron chi connectivity index (χ4n) is 4.83. The highest BCUT2D eigenvalue weighted by atomic mass is 16.2. The molecule has 1 aromatic carbocycles. The smallest absolute Gasteiger partial charge is 0.255 e. The van der Waals surface area contributed by atoms with Gasteiger partial charge in [0, 0.05) is 43.2 Å². The van der Waals surface area contributed by atoms with Crippen LogP contribution in [0.4, 0.5) is 0 Å². The third kappa shape index (κ3) is 3.22. The number of piperidine rings is 1. The van der Waals surface area contributed by atoms with Crippen LogP contribution in [0, 0.1) is 0 Å². The summed E-state index contributed by atoms with van der Waals surface area (Å²) < 4.78 is 0. The van der Waals surface area contributed by atoms with Crippen LogP contribution in [0.25, 0.3) is 0 Å². The Bertz CT molecular complexity index is 839. The lowest BCUT2D eigenvalue weighted by Gasteiger charge is -2.34. The van der Waals surface area contributed by atoms with Crippen molar-refractivity contribution in [2.75, 3.05) is 6.54 Å². The molecule has 2 fully saturated rings. The van der Waals surface area contributed by atoms with Gasteiger partial charge in [0.2, 0.25) is 11.8 Å². The largest absolute Gasteiger partial charge is 0.326 e. The average Bonchev–Trinajstić information content (AvgIpc) is 3.11. The van der Waals surface area contributed by atoms with E-state index >= 15 is 0 Å². The SMILES string of the molecule is CCC1(C)CC(N)CN1Cc1ccc2c(c1)CN(C1CCC(=O)NC1=O)C2=O. The van der Waals surface area contributed by atoms with Crippen LogP contribution in [0.2, 0.25) is 0 Å². The lowest BCUT2D eigenvalue weighted by atomic mass is 9.94. The minimum atomic E-state index is -0.569. The van der Waals surface area contributed by atoms with Gasteiger partial charge in [-0.1, -0.05) is 19.1 Å². The second kappa shape index (κ2) is 6.97. The molecule has 0 bridgehead atoms. The van der Waals surface area contributed by atoms with Crippen LogP contribution >= 0.6 is 0 Å². The molecule has 0 spiro atoms. The summed E-state index contributed by atoms with van der Waals surface area (Å²) in [6.45, 7) is 6.56. The second-order valence-electron chi connectivity index (χ2n) is 8.59. The lowest BCUT2D eigenvalue weighted by molar-refractivity contribution is -0.136. The van der Waals surface area contributed by atoms with E-state index in [9.17, 15) is 14.4 Å². The fraction of sp³-hybridized carbons (Fsp3) is 0.571. The molecule has 0 saturated carbocycles. The maximum Gasteiger partial charge on any atom is 0.255 e. The lowest BCUT2D eigenvalue weighted by Crippen LogP contribution is -2.52. The summed E-state index contributed by atoms with van der Waals surface area (Å²) >= 11 is 0. The van der Waals surface area contributed by atoms with E-state index in [1.54, 1.807) is 4.90 Å². The predicted molar refractivity (Wildman–Crippen MR) is 104 cm³/mol. The first-order valence-electron chi connectivity index (χ1n) is 10.1. The number of rotatable bonds is 4. The highest BCUT2D eigenvalue weighted by Gasteiger charge is 2.41. The van der Waals surface area contributed by atoms with Crippen LogP contribution < -0.4 is 11.1 Å². The first-order chi connectivity index (χ1) is 13.3. The average molecular weight is 384 g/mol. The molecule has 3 heterocycles. The van der Waals surface area contributed by atoms with Gasteiger partial charge in [0.15, 0.2) is 0 Å². The number of amides is 3. The van der Waals surface area contributed by atoms with Crippen LogP contribution in [-0.4, -0.2) is 51.7 Å². The molecule has 1 aromatic rings. The summed E-state index contributed by atoms with van der Waals surface area (Å²) in [6, 6.07) is 5.59. The van der Waals surface area contributed by atoms with Crippen LogP contribution in [0.3, 0.4) is 0 Å². The first kappa shape index (κ1) is 19.1. The topological polar surface area (TPSA) is 95.7 Å². The Labute approximate surface area is 165 Å². The molecule has 0 radical (unpaired) electrons. The number of nitrogens with one attached hydrogen (secondary N) is 1. The number of likely N-dealkylation sites (tertiary alicyclic amines) is 1. The minimum absolute atomic E-state index is 0.104. The zero-order valence-corrected chi connectivity index (χ0v) is 16.5. The quantitative estimate of drug-likeness (QED) is 0.759. The van der Waals surface area contributed by atoms with E-state index < -0.39 is 6.04 Å². The number of benzene rings is 1. The molecule has 0 aromatic heterocycles. The third-order valence-electron chi connectivity index (χ3n) is 6.64. The number of nitrogens with two attached hydrogens (primary N) is 1. The van der Waals surface area contributed by atoms with E-state index in [0.717, 1.165) is 37.1 Å². The summed E-state index contributed by atoms with van der Waals surface area (Å²) in [6.07, 6.45) is 2.70. The van der Waals surface area contributed by atoms with E-state index in [1.807, 2.05) is 12.1 Å². The number of carbonyl (C=O) groups excluding carboxylic acids is 3. The fourth-order valence-corrected chi connectivity index (χ4v) is 4.83. The number of fused-ring (bicyclic) bond motifs is 1. The Morgan fingerprint density at radius 1 is 1.29 bits per heavy atom. The number of carbonyl (C=O) groups is 3. The molecule has 3 amide bonds. The molecule has 7 heteroatoms. The van der Waals surface area contributed by atoms with Crippen molar-refractivity contribution in [1.29, 1.82) is 0 Å². The van der Waals surface area contributed by atoms with Crippen molar-refractivity contribution in [3.05, 3.63) is 34.9 Å². The van der Waals surface area contributed by atoms with Gasteiger partial charge in [-0.15, -0.1) is 0 Å². The van der Waals surface area contributed by atoms with Crippen molar-refractivity contribution in [2.24, 2.45) is 5.73 Å². The van der Waals surface area contributed by atoms with E-state index in [2.05, 4.69) is 30.1 Å². The minimum Gasteiger partial charge on any atom is -0.326 e. The zero-order valence-electron chi connectivity index (χ0n) is 16.5. The van der Waals surface area contributed by atoms with Gasteiger partial charge in [0.25, 0.3) is 5.91 Å². The van der Waals surface area contributed by atoms with Crippen LogP contribution in [0.15, 0.2) is 18.2 Å². The van der Waals surface area contributed by atoms with Gasteiger partial charge in [-0.3, -0.25) is 24.6 Å². The monoisotopic (exact) mass is 384 g/mol. The van der Waals surface area contributed by atoms with Crippen molar-refractivity contribution in [3.63, 3.8) is 0 Å². The van der Waals surface area contributed by atoms with Gasteiger partial charge >= 0.3 is 0 Å². The van der Waals surface area contributed by atoms with Crippen molar-refractivity contribution >= 4 is 17.7 Å². The number of hydrogen-bond acceptors (Lipinski definition) is 5. The van der Waals surface area contributed by atoms with E-state index in [0.29, 0.717) is 18.5 Å². The first-order valence-corrected chi connectivity index (χ1v) is 10.1. The highest BCUT2D eigenvalue weighted by molar-refractivity contribution is 6.05. The van der Waals surface area contributed by atoms with Crippen molar-refractivity contribution in [1.82, 2.24) is 15.1 Å². The summed E-state index contributed by atoms with van der Waals surface area (Å²) in [7, 11) is 0. The summed E-state index contributed by atoms with van der Waals surface area (Å²) in [5.41, 5.74) is 9.08. The van der Waals surface area contributed by atoms with Gasteiger partial charge in [-0.05, 0) is 43.4 Å².